The van der Waals surface area contributed by atoms with Crippen molar-refractivity contribution in [3.8, 4) is 34.5 Å². The lowest BCUT2D eigenvalue weighted by Crippen LogP contribution is -2.23. The van der Waals surface area contributed by atoms with E-state index in [-0.39, 0.29) is 78.9 Å². The summed E-state index contributed by atoms with van der Waals surface area (Å²) in [6.45, 7) is 8.53. The summed E-state index contributed by atoms with van der Waals surface area (Å²) in [5.41, 5.74) is 16.5. The van der Waals surface area contributed by atoms with Gasteiger partial charge in [-0.05, 0) is 46.5 Å². The molecular weight excluding hydrogens is 781 g/mol. The third-order valence-corrected chi connectivity index (χ3v) is 12.3. The molecule has 0 saturated heterocycles. The van der Waals surface area contributed by atoms with Crippen molar-refractivity contribution < 1.29 is 38.9 Å². The molecule has 306 valence electrons. The van der Waals surface area contributed by atoms with E-state index in [2.05, 4.69) is 45.9 Å². The summed E-state index contributed by atoms with van der Waals surface area (Å²) >= 11 is 0. The first-order valence-electron chi connectivity index (χ1n) is 19.9. The molecule has 10 heteroatoms. The number of aromatic hydroxyl groups is 2. The maximum Gasteiger partial charge on any atom is 0.198 e. The van der Waals surface area contributed by atoms with E-state index in [0.717, 1.165) is 22.3 Å². The third kappa shape index (κ3) is 6.18. The number of carbonyl (C=O) groups excluding carboxylic acids is 4. The van der Waals surface area contributed by atoms with E-state index in [1.54, 1.807) is 72.8 Å². The van der Waals surface area contributed by atoms with Crippen molar-refractivity contribution in [3.63, 3.8) is 0 Å². The first kappa shape index (κ1) is 39.5. The van der Waals surface area contributed by atoms with Crippen LogP contribution in [-0.2, 0) is 10.8 Å². The lowest BCUT2D eigenvalue weighted by Gasteiger charge is -2.31. The van der Waals surface area contributed by atoms with Crippen LogP contribution in [0.1, 0.15) is 114 Å². The molecule has 0 atom stereocenters. The number of phenols is 2. The predicted octanol–water partition coefficient (Wildman–Crippen LogP) is 10.0. The number of nitrogen functional groups attached to an aromatic ring is 2. The summed E-state index contributed by atoms with van der Waals surface area (Å²) < 4.78 is 12.2. The highest BCUT2D eigenvalue weighted by Crippen LogP contribution is 2.45. The van der Waals surface area contributed by atoms with Crippen molar-refractivity contribution in [2.24, 2.45) is 0 Å². The molecule has 0 radical (unpaired) electrons. The van der Waals surface area contributed by atoms with Gasteiger partial charge in [-0.2, -0.15) is 0 Å². The summed E-state index contributed by atoms with van der Waals surface area (Å²) in [7, 11) is 0. The minimum Gasteiger partial charge on any atom is -0.507 e. The van der Waals surface area contributed by atoms with E-state index in [9.17, 15) is 29.4 Å². The number of anilines is 2. The van der Waals surface area contributed by atoms with Crippen molar-refractivity contribution in [1.29, 1.82) is 0 Å². The Bertz CT molecular complexity index is 2870. The predicted molar refractivity (Wildman–Crippen MR) is 235 cm³/mol. The molecule has 2 aliphatic rings. The van der Waals surface area contributed by atoms with Crippen LogP contribution < -0.4 is 20.9 Å². The summed E-state index contributed by atoms with van der Waals surface area (Å²) in [6, 6.07) is 38.8. The Morgan fingerprint density at radius 1 is 0.403 bits per heavy atom. The lowest BCUT2D eigenvalue weighted by atomic mass is 9.73. The van der Waals surface area contributed by atoms with Gasteiger partial charge in [0.25, 0.3) is 0 Å². The number of nitrogens with two attached hydrogens (primary N) is 2. The van der Waals surface area contributed by atoms with Gasteiger partial charge in [-0.3, -0.25) is 19.2 Å². The quantitative estimate of drug-likeness (QED) is 0.0851. The average molecular weight is 821 g/mol. The molecular formula is C52H40N2O8. The molecule has 0 aromatic heterocycles. The Hall–Kier alpha value is -7.98. The number of benzene rings is 7. The number of carbonyl (C=O) groups is 4. The van der Waals surface area contributed by atoms with Gasteiger partial charge in [-0.15, -0.1) is 0 Å². The second-order valence-electron chi connectivity index (χ2n) is 16.6. The molecule has 7 aromatic rings. The van der Waals surface area contributed by atoms with Crippen LogP contribution in [0.2, 0.25) is 0 Å². The van der Waals surface area contributed by atoms with Gasteiger partial charge >= 0.3 is 0 Å². The second kappa shape index (κ2) is 14.3. The van der Waals surface area contributed by atoms with E-state index < -0.39 is 34.0 Å². The number of ether oxygens (including phenoxy) is 2. The van der Waals surface area contributed by atoms with Gasteiger partial charge in [0.15, 0.2) is 34.6 Å². The Balaban J connectivity index is 0.928. The van der Waals surface area contributed by atoms with Crippen LogP contribution >= 0.6 is 0 Å². The Kier molecular flexibility index (Phi) is 9.13. The summed E-state index contributed by atoms with van der Waals surface area (Å²) in [4.78, 5) is 53.3. The molecule has 0 bridgehead atoms. The number of hydrogen-bond donors (Lipinski definition) is 4. The topological polar surface area (TPSA) is 179 Å². The Morgan fingerprint density at radius 2 is 0.726 bits per heavy atom. The SMILES string of the molecule is CC(C)(c1ccc(Oc2cc(O)c3c(c2N)C(=O)c2ccccc2C3=O)cc1)c1cccc(C(C)(C)c2ccc(Oc3cc(O)c4c(c3N)C(=O)c3ccccc3C4=O)cc2)c1. The molecule has 0 unspecified atom stereocenters. The highest BCUT2D eigenvalue weighted by Gasteiger charge is 2.37. The molecule has 2 aliphatic carbocycles. The fourth-order valence-electron chi connectivity index (χ4n) is 8.48. The van der Waals surface area contributed by atoms with Crippen molar-refractivity contribution in [2.45, 2.75) is 38.5 Å². The van der Waals surface area contributed by atoms with E-state index in [4.69, 9.17) is 20.9 Å². The van der Waals surface area contributed by atoms with Crippen LogP contribution in [0.15, 0.2) is 133 Å². The Labute approximate surface area is 357 Å². The maximum atomic E-state index is 13.4. The smallest absolute Gasteiger partial charge is 0.198 e. The minimum absolute atomic E-state index is 0.0285. The molecule has 62 heavy (non-hydrogen) atoms. The van der Waals surface area contributed by atoms with E-state index in [1.807, 2.05) is 30.3 Å². The molecule has 9 rings (SSSR count). The highest BCUT2D eigenvalue weighted by molar-refractivity contribution is 6.32. The summed E-state index contributed by atoms with van der Waals surface area (Å²) in [6.07, 6.45) is 0. The van der Waals surface area contributed by atoms with Crippen LogP contribution in [0, 0.1) is 0 Å². The van der Waals surface area contributed by atoms with E-state index in [0.29, 0.717) is 11.5 Å². The second-order valence-corrected chi connectivity index (χ2v) is 16.6. The number of fused-ring (bicyclic) bond motifs is 4. The van der Waals surface area contributed by atoms with Crippen molar-refractivity contribution in [3.05, 3.63) is 200 Å². The molecule has 0 heterocycles. The molecule has 0 saturated carbocycles. The van der Waals surface area contributed by atoms with Crippen LogP contribution in [0.4, 0.5) is 11.4 Å². The molecule has 6 N–H and O–H groups in total. The molecule has 7 aromatic carbocycles. The monoisotopic (exact) mass is 820 g/mol. The fourth-order valence-corrected chi connectivity index (χ4v) is 8.48. The normalized spacial score (nSPS) is 13.2. The maximum absolute atomic E-state index is 13.4. The van der Waals surface area contributed by atoms with Crippen molar-refractivity contribution in [2.75, 3.05) is 11.5 Å². The van der Waals surface area contributed by atoms with Crippen LogP contribution in [0.5, 0.6) is 34.5 Å². The highest BCUT2D eigenvalue weighted by atomic mass is 16.5. The fraction of sp³-hybridized carbons (Fsp3) is 0.115. The summed E-state index contributed by atoms with van der Waals surface area (Å²) in [5.74, 6) is -1.66. The van der Waals surface area contributed by atoms with Gasteiger partial charge in [-0.1, -0.05) is 125 Å². The Morgan fingerprint density at radius 3 is 1.06 bits per heavy atom. The first-order chi connectivity index (χ1) is 29.6. The zero-order chi connectivity index (χ0) is 43.8. The third-order valence-electron chi connectivity index (χ3n) is 12.3. The van der Waals surface area contributed by atoms with Crippen LogP contribution in [0.3, 0.4) is 0 Å². The molecule has 0 fully saturated rings. The van der Waals surface area contributed by atoms with E-state index in [1.165, 1.54) is 12.1 Å². The van der Waals surface area contributed by atoms with Gasteiger partial charge in [0.1, 0.15) is 23.0 Å². The van der Waals surface area contributed by atoms with Crippen molar-refractivity contribution >= 4 is 34.5 Å². The van der Waals surface area contributed by atoms with Crippen LogP contribution in [-0.4, -0.2) is 33.3 Å². The van der Waals surface area contributed by atoms with Gasteiger partial charge in [0, 0.05) is 45.2 Å². The lowest BCUT2D eigenvalue weighted by molar-refractivity contribution is 0.0977. The van der Waals surface area contributed by atoms with E-state index >= 15 is 0 Å². The molecule has 10 nitrogen and oxygen atoms in total. The van der Waals surface area contributed by atoms with Gasteiger partial charge in [0.2, 0.25) is 0 Å². The van der Waals surface area contributed by atoms with Crippen molar-refractivity contribution in [1.82, 2.24) is 0 Å². The van der Waals surface area contributed by atoms with Crippen LogP contribution in [0.25, 0.3) is 0 Å². The largest absolute Gasteiger partial charge is 0.507 e. The summed E-state index contributed by atoms with van der Waals surface area (Å²) in [5, 5.41) is 21.8. The minimum atomic E-state index is -0.476. The van der Waals surface area contributed by atoms with Gasteiger partial charge in [0.05, 0.1) is 33.6 Å². The number of rotatable bonds is 8. The first-order valence-corrected chi connectivity index (χ1v) is 19.9. The van der Waals surface area contributed by atoms with Gasteiger partial charge in [-0.25, -0.2) is 0 Å². The number of ketones is 4. The zero-order valence-corrected chi connectivity index (χ0v) is 34.2. The molecule has 0 amide bonds. The zero-order valence-electron chi connectivity index (χ0n) is 34.2. The van der Waals surface area contributed by atoms with Gasteiger partial charge < -0.3 is 31.2 Å². The number of phenolic OH excluding ortho intramolecular Hbond substituents is 2. The molecule has 0 spiro atoms. The number of hydrogen-bond acceptors (Lipinski definition) is 10. The standard InChI is InChI=1S/C52H40N2O8/c1-51(2,27-16-20-31(21-17-27)61-39-25-37(55)41-43(45(39)53)49(59)35-14-7-5-12-33(35)47(41)57)29-10-9-11-30(24-29)52(3,4)28-18-22-32(23-19-28)62-40-26-38(56)42-44(46(40)54)50(60)36-15-8-6-13-34(36)48(42)58/h5-26,55-56H,53-54H2,1-4H3. The average Bonchev–Trinajstić information content (AvgIpc) is 3.27. The molecule has 0 aliphatic heterocycles.